The number of rotatable bonds is 6. The molecule has 0 saturated carbocycles. The summed E-state index contributed by atoms with van der Waals surface area (Å²) in [7, 11) is 0. The summed E-state index contributed by atoms with van der Waals surface area (Å²) in [4.78, 5) is 12.4. The van der Waals surface area contributed by atoms with Crippen LogP contribution in [0.25, 0.3) is 17.1 Å². The first-order valence-corrected chi connectivity index (χ1v) is 10.5. The summed E-state index contributed by atoms with van der Waals surface area (Å²) in [6.07, 6.45) is 1.90. The number of nitrogens with zero attached hydrogens (tertiary/aromatic N) is 3. The van der Waals surface area contributed by atoms with Crippen LogP contribution in [0.5, 0.6) is 0 Å². The zero-order chi connectivity index (χ0) is 20.1. The predicted molar refractivity (Wildman–Crippen MR) is 109 cm³/mol. The number of carbonyl (C=O) groups excluding carboxylic acids is 1. The normalized spacial score (nSPS) is 16.5. The molecule has 2 aromatic carbocycles. The van der Waals surface area contributed by atoms with Gasteiger partial charge in [-0.2, -0.15) is 0 Å². The average Bonchev–Trinajstić information content (AvgIpc) is 3.18. The maximum Gasteiger partial charge on any atom is 0.230 e. The average molecular weight is 412 g/mol. The topological polar surface area (TPSA) is 69.0 Å². The Morgan fingerprint density at radius 3 is 2.69 bits per heavy atom. The molecule has 3 aromatic rings. The smallest absolute Gasteiger partial charge is 0.230 e. The quantitative estimate of drug-likeness (QED) is 0.628. The molecule has 4 rings (SSSR count). The second-order valence-corrected chi connectivity index (χ2v) is 7.70. The molecule has 6 nitrogen and oxygen atoms in total. The fraction of sp³-hybridized carbons (Fsp3) is 0.286. The van der Waals surface area contributed by atoms with Crippen LogP contribution in [0.3, 0.4) is 0 Å². The van der Waals surface area contributed by atoms with Gasteiger partial charge in [0.2, 0.25) is 5.91 Å². The van der Waals surface area contributed by atoms with E-state index in [2.05, 4.69) is 15.5 Å². The number of aromatic nitrogens is 3. The minimum absolute atomic E-state index is 0.0588. The lowest BCUT2D eigenvalue weighted by Gasteiger charge is -2.22. The van der Waals surface area contributed by atoms with Gasteiger partial charge in [0.15, 0.2) is 11.0 Å². The van der Waals surface area contributed by atoms with E-state index >= 15 is 0 Å². The number of hydrogen-bond acceptors (Lipinski definition) is 5. The number of carbonyl (C=O) groups is 1. The molecule has 8 heteroatoms. The van der Waals surface area contributed by atoms with Gasteiger partial charge in [0, 0.05) is 17.9 Å². The number of halogens is 1. The van der Waals surface area contributed by atoms with Gasteiger partial charge in [-0.1, -0.05) is 30.0 Å². The molecule has 1 unspecified atom stereocenters. The van der Waals surface area contributed by atoms with E-state index in [9.17, 15) is 9.18 Å². The van der Waals surface area contributed by atoms with E-state index in [1.54, 1.807) is 12.1 Å². The third-order valence-electron chi connectivity index (χ3n) is 4.61. The lowest BCUT2D eigenvalue weighted by atomic mass is 10.1. The lowest BCUT2D eigenvalue weighted by molar-refractivity contribution is -0.120. The molecule has 0 spiro atoms. The summed E-state index contributed by atoms with van der Waals surface area (Å²) in [5.41, 5.74) is 1.62. The second-order valence-electron chi connectivity index (χ2n) is 6.75. The van der Waals surface area contributed by atoms with Gasteiger partial charge in [-0.15, -0.1) is 10.2 Å². The van der Waals surface area contributed by atoms with E-state index in [0.717, 1.165) is 30.7 Å². The minimum atomic E-state index is -0.308. The van der Waals surface area contributed by atoms with Crippen LogP contribution in [0.15, 0.2) is 59.8 Å². The molecule has 1 N–H and O–H groups in total. The molecule has 1 fully saturated rings. The van der Waals surface area contributed by atoms with Crippen molar-refractivity contribution in [2.75, 3.05) is 19.0 Å². The van der Waals surface area contributed by atoms with Crippen molar-refractivity contribution >= 4 is 17.7 Å². The van der Waals surface area contributed by atoms with E-state index in [-0.39, 0.29) is 23.5 Å². The summed E-state index contributed by atoms with van der Waals surface area (Å²) in [5.74, 6) is 0.457. The Bertz CT molecular complexity index is 957. The molecule has 0 bridgehead atoms. The van der Waals surface area contributed by atoms with Crippen molar-refractivity contribution in [2.45, 2.75) is 24.0 Å². The Balaban J connectivity index is 1.55. The van der Waals surface area contributed by atoms with Crippen molar-refractivity contribution in [1.29, 1.82) is 0 Å². The Morgan fingerprint density at radius 2 is 1.97 bits per heavy atom. The van der Waals surface area contributed by atoms with Gasteiger partial charge in [-0.25, -0.2) is 4.39 Å². The molecular formula is C21H21FN4O2S. The highest BCUT2D eigenvalue weighted by Crippen LogP contribution is 2.28. The van der Waals surface area contributed by atoms with Crippen LogP contribution in [0.2, 0.25) is 0 Å². The van der Waals surface area contributed by atoms with Crippen molar-refractivity contribution in [3.8, 4) is 17.1 Å². The van der Waals surface area contributed by atoms with Crippen molar-refractivity contribution < 1.29 is 13.9 Å². The van der Waals surface area contributed by atoms with Crippen LogP contribution < -0.4 is 5.32 Å². The highest BCUT2D eigenvalue weighted by atomic mass is 32.2. The number of hydrogen-bond donors (Lipinski definition) is 1. The summed E-state index contributed by atoms with van der Waals surface area (Å²) in [6, 6.07) is 15.9. The van der Waals surface area contributed by atoms with Gasteiger partial charge < -0.3 is 10.1 Å². The predicted octanol–water partition coefficient (Wildman–Crippen LogP) is 3.46. The van der Waals surface area contributed by atoms with Crippen LogP contribution in [0.4, 0.5) is 4.39 Å². The maximum absolute atomic E-state index is 13.3. The first-order valence-electron chi connectivity index (χ1n) is 9.47. The highest BCUT2D eigenvalue weighted by Gasteiger charge is 2.19. The van der Waals surface area contributed by atoms with Gasteiger partial charge in [-0.3, -0.25) is 9.36 Å². The zero-order valence-corrected chi connectivity index (χ0v) is 16.6. The summed E-state index contributed by atoms with van der Waals surface area (Å²) < 4.78 is 20.6. The Morgan fingerprint density at radius 1 is 1.17 bits per heavy atom. The second kappa shape index (κ2) is 9.19. The van der Waals surface area contributed by atoms with Crippen LogP contribution in [0.1, 0.15) is 12.8 Å². The molecule has 1 aliphatic heterocycles. The molecule has 1 amide bonds. The molecule has 1 atom stereocenters. The number of ether oxygens (including phenoxy) is 1. The van der Waals surface area contributed by atoms with Gasteiger partial charge in [0.1, 0.15) is 5.82 Å². The van der Waals surface area contributed by atoms with Crippen LogP contribution in [-0.4, -0.2) is 45.7 Å². The van der Waals surface area contributed by atoms with Crippen LogP contribution in [0, 0.1) is 5.82 Å². The number of amides is 1. The number of para-hydroxylation sites is 1. The molecular weight excluding hydrogens is 391 g/mol. The van der Waals surface area contributed by atoms with Crippen molar-refractivity contribution in [2.24, 2.45) is 0 Å². The van der Waals surface area contributed by atoms with Crippen molar-refractivity contribution in [1.82, 2.24) is 20.1 Å². The molecule has 2 heterocycles. The minimum Gasteiger partial charge on any atom is -0.379 e. The largest absolute Gasteiger partial charge is 0.379 e. The summed E-state index contributed by atoms with van der Waals surface area (Å²) >= 11 is 1.32. The fourth-order valence-electron chi connectivity index (χ4n) is 3.21. The SMILES string of the molecule is O=C(CSc1nnc(-c2ccc(F)cc2)n1-c1ccccc1)NC1CCCOC1. The third kappa shape index (κ3) is 4.83. The number of thioether (sulfide) groups is 1. The molecule has 0 aliphatic carbocycles. The third-order valence-corrected chi connectivity index (χ3v) is 5.54. The van der Waals surface area contributed by atoms with E-state index in [1.165, 1.54) is 23.9 Å². The molecule has 0 radical (unpaired) electrons. The van der Waals surface area contributed by atoms with Crippen molar-refractivity contribution in [3.63, 3.8) is 0 Å². The summed E-state index contributed by atoms with van der Waals surface area (Å²) in [6.45, 7) is 1.32. The van der Waals surface area contributed by atoms with E-state index < -0.39 is 0 Å². The zero-order valence-electron chi connectivity index (χ0n) is 15.8. The van der Waals surface area contributed by atoms with E-state index in [0.29, 0.717) is 17.6 Å². The van der Waals surface area contributed by atoms with Crippen LogP contribution >= 0.6 is 11.8 Å². The number of benzene rings is 2. The van der Waals surface area contributed by atoms with Gasteiger partial charge >= 0.3 is 0 Å². The van der Waals surface area contributed by atoms with Crippen LogP contribution in [-0.2, 0) is 9.53 Å². The van der Waals surface area contributed by atoms with Gasteiger partial charge in [-0.05, 0) is 49.2 Å². The van der Waals surface area contributed by atoms with Crippen molar-refractivity contribution in [3.05, 3.63) is 60.4 Å². The standard InChI is InChI=1S/C21H21FN4O2S/c22-16-10-8-15(9-11-16)20-24-25-21(26(20)18-6-2-1-3-7-18)29-14-19(27)23-17-5-4-12-28-13-17/h1-3,6-11,17H,4-5,12-14H2,(H,23,27). The number of nitrogens with one attached hydrogen (secondary N) is 1. The Labute approximate surface area is 172 Å². The Kier molecular flexibility index (Phi) is 6.21. The molecule has 1 aromatic heterocycles. The molecule has 1 aliphatic rings. The monoisotopic (exact) mass is 412 g/mol. The van der Waals surface area contributed by atoms with Gasteiger partial charge in [0.25, 0.3) is 0 Å². The maximum atomic E-state index is 13.3. The van der Waals surface area contributed by atoms with E-state index in [1.807, 2.05) is 34.9 Å². The fourth-order valence-corrected chi connectivity index (χ4v) is 3.98. The summed E-state index contributed by atoms with van der Waals surface area (Å²) in [5, 5.41) is 12.2. The first kappa shape index (κ1) is 19.6. The lowest BCUT2D eigenvalue weighted by Crippen LogP contribution is -2.41. The molecule has 29 heavy (non-hydrogen) atoms. The Hall–Kier alpha value is -2.71. The first-order chi connectivity index (χ1) is 14.2. The molecule has 1 saturated heterocycles. The highest BCUT2D eigenvalue weighted by molar-refractivity contribution is 7.99. The van der Waals surface area contributed by atoms with E-state index in [4.69, 9.17) is 4.74 Å². The molecule has 150 valence electrons. The van der Waals surface area contributed by atoms with Gasteiger partial charge in [0.05, 0.1) is 18.4 Å².